The zero-order valence-corrected chi connectivity index (χ0v) is 9.89. The predicted molar refractivity (Wildman–Crippen MR) is 66.0 cm³/mol. The number of nitrogens with one attached hydrogen (secondary N) is 1. The Bertz CT molecular complexity index is 358. The van der Waals surface area contributed by atoms with E-state index in [1.165, 1.54) is 23.9 Å². The van der Waals surface area contributed by atoms with Crippen LogP contribution < -0.4 is 11.1 Å². The fourth-order valence-corrected chi connectivity index (χ4v) is 1.85. The Kier molecular flexibility index (Phi) is 5.28. The Morgan fingerprint density at radius 1 is 1.62 bits per heavy atom. The van der Waals surface area contributed by atoms with Crippen molar-refractivity contribution in [2.24, 2.45) is 5.73 Å². The van der Waals surface area contributed by atoms with Gasteiger partial charge in [-0.15, -0.1) is 0 Å². The van der Waals surface area contributed by atoms with E-state index < -0.39 is 0 Å². The van der Waals surface area contributed by atoms with Crippen molar-refractivity contribution in [2.75, 3.05) is 16.8 Å². The highest BCUT2D eigenvalue weighted by atomic mass is 32.2. The normalized spacial score (nSPS) is 12.2. The first kappa shape index (κ1) is 13.0. The maximum atomic E-state index is 12.8. The van der Waals surface area contributed by atoms with Crippen molar-refractivity contribution in [3.8, 4) is 0 Å². The van der Waals surface area contributed by atoms with E-state index in [2.05, 4.69) is 5.32 Å². The molecule has 0 bridgehead atoms. The number of amides is 1. The van der Waals surface area contributed by atoms with Gasteiger partial charge in [0.2, 0.25) is 5.91 Å². The molecule has 1 atom stereocenters. The van der Waals surface area contributed by atoms with Gasteiger partial charge in [0.1, 0.15) is 5.82 Å². The summed E-state index contributed by atoms with van der Waals surface area (Å²) in [6, 6.07) is 5.90. The van der Waals surface area contributed by atoms with Gasteiger partial charge in [-0.05, 0) is 25.1 Å². The summed E-state index contributed by atoms with van der Waals surface area (Å²) >= 11 is 1.46. The molecule has 0 radical (unpaired) electrons. The number of rotatable bonds is 5. The van der Waals surface area contributed by atoms with Crippen LogP contribution >= 0.6 is 11.8 Å². The molecular weight excluding hydrogens is 227 g/mol. The number of benzene rings is 1. The van der Waals surface area contributed by atoms with Gasteiger partial charge in [0.15, 0.2) is 0 Å². The Labute approximate surface area is 98.6 Å². The molecule has 0 fully saturated rings. The van der Waals surface area contributed by atoms with E-state index in [9.17, 15) is 9.18 Å². The van der Waals surface area contributed by atoms with Gasteiger partial charge in [0.05, 0.1) is 5.75 Å². The van der Waals surface area contributed by atoms with E-state index >= 15 is 0 Å². The Balaban J connectivity index is 2.34. The zero-order valence-electron chi connectivity index (χ0n) is 9.07. The molecule has 0 aliphatic heterocycles. The Morgan fingerprint density at radius 2 is 2.38 bits per heavy atom. The fourth-order valence-electron chi connectivity index (χ4n) is 1.10. The third kappa shape index (κ3) is 5.14. The van der Waals surface area contributed by atoms with Crippen LogP contribution in [-0.4, -0.2) is 23.5 Å². The van der Waals surface area contributed by atoms with Gasteiger partial charge in [0.25, 0.3) is 0 Å². The summed E-state index contributed by atoms with van der Waals surface area (Å²) in [5.74, 6) is 0.562. The van der Waals surface area contributed by atoms with E-state index in [0.29, 0.717) is 11.4 Å². The molecule has 1 rings (SSSR count). The molecule has 0 spiro atoms. The first-order chi connectivity index (χ1) is 7.58. The summed E-state index contributed by atoms with van der Waals surface area (Å²) in [6.07, 6.45) is 0. The van der Waals surface area contributed by atoms with Crippen LogP contribution in [0.4, 0.5) is 10.1 Å². The molecule has 0 aliphatic rings. The summed E-state index contributed by atoms with van der Waals surface area (Å²) in [5.41, 5.74) is 6.03. The molecule has 0 heterocycles. The van der Waals surface area contributed by atoms with Gasteiger partial charge in [-0.3, -0.25) is 4.79 Å². The summed E-state index contributed by atoms with van der Waals surface area (Å²) < 4.78 is 12.8. The number of nitrogens with two attached hydrogens (primary N) is 1. The second-order valence-corrected chi connectivity index (χ2v) is 4.58. The van der Waals surface area contributed by atoms with Crippen LogP contribution in [0.1, 0.15) is 6.92 Å². The molecule has 1 aromatic carbocycles. The summed E-state index contributed by atoms with van der Waals surface area (Å²) in [6.45, 7) is 1.89. The average Bonchev–Trinajstić information content (AvgIpc) is 2.16. The van der Waals surface area contributed by atoms with Gasteiger partial charge in [-0.2, -0.15) is 11.8 Å². The predicted octanol–water partition coefficient (Wildman–Crippen LogP) is 1.84. The lowest BCUT2D eigenvalue weighted by Gasteiger charge is -2.06. The van der Waals surface area contributed by atoms with Crippen molar-refractivity contribution in [1.82, 2.24) is 0 Å². The smallest absolute Gasteiger partial charge is 0.234 e. The minimum absolute atomic E-state index is 0.0759. The first-order valence-electron chi connectivity index (χ1n) is 4.96. The molecule has 3 N–H and O–H groups in total. The molecule has 1 unspecified atom stereocenters. The van der Waals surface area contributed by atoms with Gasteiger partial charge in [0, 0.05) is 17.5 Å². The molecule has 0 saturated heterocycles. The highest BCUT2D eigenvalue weighted by molar-refractivity contribution is 8.00. The van der Waals surface area contributed by atoms with Gasteiger partial charge < -0.3 is 11.1 Å². The maximum Gasteiger partial charge on any atom is 0.234 e. The van der Waals surface area contributed by atoms with Crippen LogP contribution in [0, 0.1) is 5.82 Å². The number of thioether (sulfide) groups is 1. The van der Waals surface area contributed by atoms with Crippen molar-refractivity contribution in [3.63, 3.8) is 0 Å². The van der Waals surface area contributed by atoms with E-state index in [0.717, 1.165) is 5.75 Å². The van der Waals surface area contributed by atoms with Gasteiger partial charge in [-0.25, -0.2) is 4.39 Å². The summed E-state index contributed by atoms with van der Waals surface area (Å²) in [4.78, 5) is 11.4. The second-order valence-electron chi connectivity index (χ2n) is 3.55. The second kappa shape index (κ2) is 6.50. The number of hydrogen-bond acceptors (Lipinski definition) is 3. The molecule has 16 heavy (non-hydrogen) atoms. The van der Waals surface area contributed by atoms with Crippen molar-refractivity contribution in [3.05, 3.63) is 30.1 Å². The Morgan fingerprint density at radius 3 is 3.00 bits per heavy atom. The largest absolute Gasteiger partial charge is 0.327 e. The first-order valence-corrected chi connectivity index (χ1v) is 6.12. The molecule has 0 saturated carbocycles. The van der Waals surface area contributed by atoms with E-state index in [-0.39, 0.29) is 17.8 Å². The van der Waals surface area contributed by atoms with Crippen molar-refractivity contribution >= 4 is 23.4 Å². The number of anilines is 1. The number of carbonyl (C=O) groups excluding carboxylic acids is 1. The molecule has 5 heteroatoms. The number of carbonyl (C=O) groups is 1. The highest BCUT2D eigenvalue weighted by Crippen LogP contribution is 2.10. The third-order valence-electron chi connectivity index (χ3n) is 1.72. The van der Waals surface area contributed by atoms with Crippen LogP contribution in [-0.2, 0) is 4.79 Å². The maximum absolute atomic E-state index is 12.8. The van der Waals surface area contributed by atoms with E-state index in [1.54, 1.807) is 12.1 Å². The van der Waals surface area contributed by atoms with Crippen LogP contribution in [0.2, 0.25) is 0 Å². The lowest BCUT2D eigenvalue weighted by molar-refractivity contribution is -0.113. The fraction of sp³-hybridized carbons (Fsp3) is 0.364. The number of hydrogen-bond donors (Lipinski definition) is 2. The van der Waals surface area contributed by atoms with E-state index in [1.807, 2.05) is 6.92 Å². The van der Waals surface area contributed by atoms with Crippen molar-refractivity contribution in [1.29, 1.82) is 0 Å². The van der Waals surface area contributed by atoms with E-state index in [4.69, 9.17) is 5.73 Å². The molecule has 88 valence electrons. The molecule has 0 aromatic heterocycles. The summed E-state index contributed by atoms with van der Waals surface area (Å²) in [5, 5.41) is 2.62. The monoisotopic (exact) mass is 242 g/mol. The van der Waals surface area contributed by atoms with Crippen LogP contribution in [0.15, 0.2) is 24.3 Å². The Hall–Kier alpha value is -1.07. The molecule has 1 aromatic rings. The SMILES string of the molecule is CC(N)CSCC(=O)Nc1cccc(F)c1. The molecule has 0 aliphatic carbocycles. The topological polar surface area (TPSA) is 55.1 Å². The van der Waals surface area contributed by atoms with Crippen LogP contribution in [0.3, 0.4) is 0 Å². The van der Waals surface area contributed by atoms with Crippen molar-refractivity contribution in [2.45, 2.75) is 13.0 Å². The lowest BCUT2D eigenvalue weighted by atomic mass is 10.3. The zero-order chi connectivity index (χ0) is 12.0. The van der Waals surface area contributed by atoms with Crippen molar-refractivity contribution < 1.29 is 9.18 Å². The van der Waals surface area contributed by atoms with Crippen LogP contribution in [0.5, 0.6) is 0 Å². The molecule has 3 nitrogen and oxygen atoms in total. The molecular formula is C11H15FN2OS. The standard InChI is InChI=1S/C11H15FN2OS/c1-8(13)6-16-7-11(15)14-10-4-2-3-9(12)5-10/h2-5,8H,6-7,13H2,1H3,(H,14,15). The third-order valence-corrected chi connectivity index (χ3v) is 2.95. The highest BCUT2D eigenvalue weighted by Gasteiger charge is 2.04. The number of halogens is 1. The van der Waals surface area contributed by atoms with Gasteiger partial charge in [-0.1, -0.05) is 6.07 Å². The minimum Gasteiger partial charge on any atom is -0.327 e. The quantitative estimate of drug-likeness (QED) is 0.828. The summed E-state index contributed by atoms with van der Waals surface area (Å²) in [7, 11) is 0. The lowest BCUT2D eigenvalue weighted by Crippen LogP contribution is -2.20. The van der Waals surface area contributed by atoms with Crippen LogP contribution in [0.25, 0.3) is 0 Å². The molecule has 1 amide bonds. The average molecular weight is 242 g/mol. The minimum atomic E-state index is -0.360. The van der Waals surface area contributed by atoms with Gasteiger partial charge >= 0.3 is 0 Å².